The van der Waals surface area contributed by atoms with Crippen LogP contribution in [-0.2, 0) is 4.74 Å². The molecule has 0 saturated heterocycles. The van der Waals surface area contributed by atoms with Gasteiger partial charge in [0.2, 0.25) is 5.01 Å². The van der Waals surface area contributed by atoms with Crippen LogP contribution in [0.5, 0.6) is 0 Å². The van der Waals surface area contributed by atoms with Gasteiger partial charge in [0.1, 0.15) is 0 Å². The largest absolute Gasteiger partial charge is 0.464 e. The molecule has 0 spiro atoms. The molecule has 19 heavy (non-hydrogen) atoms. The summed E-state index contributed by atoms with van der Waals surface area (Å²) in [5, 5.41) is 2.44. The fourth-order valence-electron chi connectivity index (χ4n) is 2.70. The van der Waals surface area contributed by atoms with Crippen LogP contribution in [0.1, 0.15) is 62.0 Å². The van der Waals surface area contributed by atoms with Gasteiger partial charge in [0.05, 0.1) is 12.8 Å². The predicted octanol–water partition coefficient (Wildman–Crippen LogP) is 4.17. The summed E-state index contributed by atoms with van der Waals surface area (Å²) in [7, 11) is 1.39. The molecule has 0 saturated carbocycles. The second kappa shape index (κ2) is 5.08. The Morgan fingerprint density at radius 2 is 2.16 bits per heavy atom. The molecule has 0 fully saturated rings. The van der Waals surface area contributed by atoms with Crippen molar-refractivity contribution in [3.8, 4) is 0 Å². The van der Waals surface area contributed by atoms with Gasteiger partial charge in [-0.1, -0.05) is 25.0 Å². The van der Waals surface area contributed by atoms with E-state index in [1.807, 2.05) is 5.38 Å². The second-order valence-electron chi connectivity index (χ2n) is 5.85. The summed E-state index contributed by atoms with van der Waals surface area (Å²) in [6.07, 6.45) is 2.26. The molecule has 104 valence electrons. The van der Waals surface area contributed by atoms with Crippen LogP contribution in [0.4, 0.5) is 0 Å². The van der Waals surface area contributed by atoms with Crippen LogP contribution < -0.4 is 0 Å². The van der Waals surface area contributed by atoms with Gasteiger partial charge in [-0.05, 0) is 32.1 Å². The van der Waals surface area contributed by atoms with Gasteiger partial charge in [0, 0.05) is 11.3 Å². The molecule has 0 amide bonds. The first-order valence-electron chi connectivity index (χ1n) is 6.58. The average Bonchev–Trinajstić information content (AvgIpc) is 2.84. The zero-order valence-electron chi connectivity index (χ0n) is 12.2. The van der Waals surface area contributed by atoms with Crippen molar-refractivity contribution in [1.82, 2.24) is 4.98 Å². The Hall–Kier alpha value is -1.16. The van der Waals surface area contributed by atoms with Crippen LogP contribution in [0.15, 0.2) is 16.5 Å². The third kappa shape index (κ3) is 2.59. The Kier molecular flexibility index (Phi) is 3.81. The van der Waals surface area contributed by atoms with E-state index in [1.165, 1.54) is 29.6 Å². The molecule has 3 nitrogen and oxygen atoms in total. The van der Waals surface area contributed by atoms with Gasteiger partial charge in [-0.2, -0.15) is 0 Å². The number of methoxy groups -OCH3 is 1. The standard InChI is InChI=1S/C15H21NO2S/c1-9-10(2)15(3,4)7-6-11(9)12-8-19-13(16-12)14(17)18-5/h8,11H,6-7H2,1-5H3. The summed E-state index contributed by atoms with van der Waals surface area (Å²) in [4.78, 5) is 15.9. The lowest BCUT2D eigenvalue weighted by Crippen LogP contribution is -2.23. The quantitative estimate of drug-likeness (QED) is 0.602. The average molecular weight is 279 g/mol. The van der Waals surface area contributed by atoms with Gasteiger partial charge in [0.15, 0.2) is 0 Å². The SMILES string of the molecule is COC(=O)c1nc(C2CCC(C)(C)C(C)=C2C)cs1. The Morgan fingerprint density at radius 3 is 2.79 bits per heavy atom. The Morgan fingerprint density at radius 1 is 1.47 bits per heavy atom. The summed E-state index contributed by atoms with van der Waals surface area (Å²) in [6, 6.07) is 0. The second-order valence-corrected chi connectivity index (χ2v) is 6.71. The molecule has 1 atom stereocenters. The minimum atomic E-state index is -0.342. The monoisotopic (exact) mass is 279 g/mol. The van der Waals surface area contributed by atoms with Crippen LogP contribution in [-0.4, -0.2) is 18.1 Å². The number of ether oxygens (including phenoxy) is 1. The first-order chi connectivity index (χ1) is 8.86. The van der Waals surface area contributed by atoms with Crippen LogP contribution in [0.3, 0.4) is 0 Å². The van der Waals surface area contributed by atoms with Crippen molar-refractivity contribution in [3.63, 3.8) is 0 Å². The molecule has 0 N–H and O–H groups in total. The highest BCUT2D eigenvalue weighted by atomic mass is 32.1. The lowest BCUT2D eigenvalue weighted by Gasteiger charge is -2.36. The molecule has 2 rings (SSSR count). The van der Waals surface area contributed by atoms with E-state index >= 15 is 0 Å². The third-order valence-corrected chi connectivity index (χ3v) is 5.27. The smallest absolute Gasteiger partial charge is 0.367 e. The third-order valence-electron chi connectivity index (χ3n) is 4.43. The van der Waals surface area contributed by atoms with Crippen molar-refractivity contribution < 1.29 is 9.53 Å². The normalized spacial score (nSPS) is 22.5. The van der Waals surface area contributed by atoms with Crippen molar-refractivity contribution >= 4 is 17.3 Å². The molecule has 0 bridgehead atoms. The van der Waals surface area contributed by atoms with E-state index in [9.17, 15) is 4.79 Å². The van der Waals surface area contributed by atoms with Gasteiger partial charge in [-0.3, -0.25) is 0 Å². The number of rotatable bonds is 2. The Bertz CT molecular complexity index is 528. The van der Waals surface area contributed by atoms with E-state index in [0.717, 1.165) is 18.5 Å². The van der Waals surface area contributed by atoms with E-state index in [4.69, 9.17) is 4.74 Å². The van der Waals surface area contributed by atoms with E-state index in [-0.39, 0.29) is 11.4 Å². The molecule has 0 aromatic carbocycles. The Labute approximate surface area is 118 Å². The molecule has 0 radical (unpaired) electrons. The van der Waals surface area contributed by atoms with Gasteiger partial charge < -0.3 is 4.74 Å². The molecule has 1 unspecified atom stereocenters. The summed E-state index contributed by atoms with van der Waals surface area (Å²) in [5.74, 6) is 0.00780. The number of carbonyl (C=O) groups excluding carboxylic acids is 1. The van der Waals surface area contributed by atoms with Crippen molar-refractivity contribution in [2.75, 3.05) is 7.11 Å². The highest BCUT2D eigenvalue weighted by molar-refractivity contribution is 7.11. The summed E-state index contributed by atoms with van der Waals surface area (Å²) in [6.45, 7) is 9.00. The van der Waals surface area contributed by atoms with Crippen LogP contribution in [0.2, 0.25) is 0 Å². The summed E-state index contributed by atoms with van der Waals surface area (Å²) >= 11 is 1.37. The zero-order valence-corrected chi connectivity index (χ0v) is 13.1. The minimum Gasteiger partial charge on any atom is -0.464 e. The summed E-state index contributed by atoms with van der Waals surface area (Å²) < 4.78 is 4.71. The zero-order chi connectivity index (χ0) is 14.2. The topological polar surface area (TPSA) is 39.2 Å². The molecule has 1 aromatic rings. The lowest BCUT2D eigenvalue weighted by molar-refractivity contribution is 0.0600. The molecule has 1 aromatic heterocycles. The van der Waals surface area contributed by atoms with E-state index in [2.05, 4.69) is 32.7 Å². The number of allylic oxidation sites excluding steroid dienone is 2. The van der Waals surface area contributed by atoms with Gasteiger partial charge in [0.25, 0.3) is 0 Å². The van der Waals surface area contributed by atoms with Crippen LogP contribution >= 0.6 is 11.3 Å². The van der Waals surface area contributed by atoms with E-state index < -0.39 is 0 Å². The number of esters is 1. The van der Waals surface area contributed by atoms with Gasteiger partial charge in [-0.25, -0.2) is 9.78 Å². The number of thiazole rings is 1. The lowest BCUT2D eigenvalue weighted by atomic mass is 9.69. The minimum absolute atomic E-state index is 0.280. The number of nitrogens with zero attached hydrogens (tertiary/aromatic N) is 1. The maximum Gasteiger partial charge on any atom is 0.367 e. The van der Waals surface area contributed by atoms with Gasteiger partial charge in [-0.15, -0.1) is 11.3 Å². The van der Waals surface area contributed by atoms with E-state index in [1.54, 1.807) is 0 Å². The number of hydrogen-bond acceptors (Lipinski definition) is 4. The van der Waals surface area contributed by atoms with Crippen LogP contribution in [0, 0.1) is 5.41 Å². The van der Waals surface area contributed by atoms with Gasteiger partial charge >= 0.3 is 5.97 Å². The maximum atomic E-state index is 11.5. The predicted molar refractivity (Wildman–Crippen MR) is 77.6 cm³/mol. The van der Waals surface area contributed by atoms with Crippen molar-refractivity contribution in [1.29, 1.82) is 0 Å². The first kappa shape index (κ1) is 14.3. The molecule has 1 aliphatic rings. The number of hydrogen-bond donors (Lipinski definition) is 0. The molecule has 1 heterocycles. The fourth-order valence-corrected chi connectivity index (χ4v) is 3.49. The highest BCUT2D eigenvalue weighted by Crippen LogP contribution is 2.46. The molecule has 0 aliphatic heterocycles. The molecule has 1 aliphatic carbocycles. The fraction of sp³-hybridized carbons (Fsp3) is 0.600. The van der Waals surface area contributed by atoms with E-state index in [0.29, 0.717) is 10.9 Å². The number of carbonyl (C=O) groups is 1. The molecule has 4 heteroatoms. The van der Waals surface area contributed by atoms with Crippen LogP contribution in [0.25, 0.3) is 0 Å². The van der Waals surface area contributed by atoms with Crippen molar-refractivity contribution in [2.45, 2.75) is 46.5 Å². The first-order valence-corrected chi connectivity index (χ1v) is 7.46. The number of aromatic nitrogens is 1. The Balaban J connectivity index is 2.31. The highest BCUT2D eigenvalue weighted by Gasteiger charge is 2.32. The summed E-state index contributed by atoms with van der Waals surface area (Å²) in [5.41, 5.74) is 4.15. The molecular formula is C15H21NO2S. The molecular weight excluding hydrogens is 258 g/mol. The van der Waals surface area contributed by atoms with Crippen molar-refractivity contribution in [3.05, 3.63) is 27.2 Å². The maximum absolute atomic E-state index is 11.5. The van der Waals surface area contributed by atoms with Crippen molar-refractivity contribution in [2.24, 2.45) is 5.41 Å².